The highest BCUT2D eigenvalue weighted by Crippen LogP contribution is 2.33. The number of unbranched alkanes of at least 4 members (excludes halogenated alkanes) is 1. The molecule has 0 unspecified atom stereocenters. The van der Waals surface area contributed by atoms with Crippen LogP contribution in [0.25, 0.3) is 0 Å². The van der Waals surface area contributed by atoms with Crippen LogP contribution in [0.5, 0.6) is 0 Å². The van der Waals surface area contributed by atoms with E-state index in [1.807, 2.05) is 11.8 Å². The van der Waals surface area contributed by atoms with Gasteiger partial charge in [-0.1, -0.05) is 6.42 Å². The van der Waals surface area contributed by atoms with E-state index in [9.17, 15) is 24.0 Å². The standard InChI is InChI=1S/C43H75N5O17S/c49-38(4-2-1-3-37-42-36(35-66-37)46-43(53)47-42)44-8-11-54-13-15-56-17-19-58-21-23-60-25-27-62-29-31-64-33-34-65-32-30-63-28-26-61-24-22-59-20-18-57-16-14-55-12-9-45-39(50)7-10-48-40(51)5-6-41(48)52/h5-6,36-37,42H,1-4,7-35H2,(H,44,49)(H,45,50)(H2,46,47,53)/t36-,37-,42-/m0/s1. The van der Waals surface area contributed by atoms with Crippen molar-refractivity contribution in [1.29, 1.82) is 0 Å². The molecule has 2 fully saturated rings. The first kappa shape index (κ1) is 57.3. The van der Waals surface area contributed by atoms with E-state index in [0.29, 0.717) is 183 Å². The molecule has 66 heavy (non-hydrogen) atoms. The Morgan fingerprint density at radius 2 is 0.848 bits per heavy atom. The highest BCUT2D eigenvalue weighted by molar-refractivity contribution is 8.00. The first-order valence-corrected chi connectivity index (χ1v) is 24.2. The van der Waals surface area contributed by atoms with Crippen LogP contribution in [0.3, 0.4) is 0 Å². The monoisotopic (exact) mass is 965 g/mol. The van der Waals surface area contributed by atoms with Crippen LogP contribution in [-0.4, -0.2) is 236 Å². The minimum Gasteiger partial charge on any atom is -0.377 e. The summed E-state index contributed by atoms with van der Waals surface area (Å²) in [7, 11) is 0. The van der Waals surface area contributed by atoms with Crippen LogP contribution in [0.2, 0.25) is 0 Å². The van der Waals surface area contributed by atoms with E-state index in [2.05, 4.69) is 21.3 Å². The Kier molecular flexibility index (Phi) is 34.6. The lowest BCUT2D eigenvalue weighted by Gasteiger charge is -2.16. The SMILES string of the molecule is O=C(CCCC[C@@H]1SC[C@@H]2NC(=O)N[C@@H]21)NCCOCCOCCOCCOCCOCCOCCOCCOCCOCCOCCOCCOCCNC(=O)CCN1C(=O)C=CC1=O. The molecule has 3 atom stereocenters. The Morgan fingerprint density at radius 3 is 1.23 bits per heavy atom. The molecule has 0 saturated carbocycles. The molecule has 6 amide bonds. The van der Waals surface area contributed by atoms with E-state index in [4.69, 9.17) is 56.8 Å². The molecule has 0 aliphatic carbocycles. The molecule has 0 aromatic heterocycles. The number of nitrogens with one attached hydrogen (secondary N) is 4. The fourth-order valence-electron chi connectivity index (χ4n) is 6.36. The number of fused-ring (bicyclic) bond motifs is 1. The summed E-state index contributed by atoms with van der Waals surface area (Å²) in [6.07, 6.45) is 5.73. The molecule has 3 aliphatic heterocycles. The van der Waals surface area contributed by atoms with Crippen LogP contribution in [-0.2, 0) is 76.0 Å². The lowest BCUT2D eigenvalue weighted by atomic mass is 10.0. The fraction of sp³-hybridized carbons (Fsp3) is 0.837. The molecule has 3 heterocycles. The van der Waals surface area contributed by atoms with Gasteiger partial charge in [0.2, 0.25) is 11.8 Å². The van der Waals surface area contributed by atoms with Gasteiger partial charge in [0.15, 0.2) is 0 Å². The molecule has 0 radical (unpaired) electrons. The molecule has 3 aliphatic rings. The molecule has 22 nitrogen and oxygen atoms in total. The number of thioether (sulfide) groups is 1. The van der Waals surface area contributed by atoms with Gasteiger partial charge in [0.1, 0.15) is 0 Å². The summed E-state index contributed by atoms with van der Waals surface area (Å²) in [5.74, 6) is -0.0725. The third kappa shape index (κ3) is 29.7. The van der Waals surface area contributed by atoms with Crippen LogP contribution in [0.4, 0.5) is 4.79 Å². The summed E-state index contributed by atoms with van der Waals surface area (Å²) in [6, 6.07) is 0.386. The predicted octanol–water partition coefficient (Wildman–Crippen LogP) is -0.541. The Labute approximate surface area is 393 Å². The van der Waals surface area contributed by atoms with E-state index in [1.165, 1.54) is 12.2 Å². The van der Waals surface area contributed by atoms with Crippen molar-refractivity contribution in [2.24, 2.45) is 0 Å². The van der Waals surface area contributed by atoms with E-state index >= 15 is 0 Å². The summed E-state index contributed by atoms with van der Waals surface area (Å²) in [4.78, 5) is 59.3. The summed E-state index contributed by atoms with van der Waals surface area (Å²) in [6.45, 7) is 11.6. The average molecular weight is 966 g/mol. The first-order chi connectivity index (χ1) is 32.4. The summed E-state index contributed by atoms with van der Waals surface area (Å²) in [5.41, 5.74) is 0. The zero-order chi connectivity index (χ0) is 47.0. The summed E-state index contributed by atoms with van der Waals surface area (Å²) in [5, 5.41) is 12.0. The van der Waals surface area contributed by atoms with Crippen LogP contribution < -0.4 is 21.3 Å². The Bertz CT molecular complexity index is 1320. The molecule has 0 aromatic rings. The maximum absolute atomic E-state index is 12.1. The van der Waals surface area contributed by atoms with Gasteiger partial charge in [-0.3, -0.25) is 24.1 Å². The topological polar surface area (TPSA) is 247 Å². The zero-order valence-electron chi connectivity index (χ0n) is 38.5. The minimum atomic E-state index is -0.401. The first-order valence-electron chi connectivity index (χ1n) is 23.1. The van der Waals surface area contributed by atoms with E-state index in [0.717, 1.165) is 29.9 Å². The number of rotatable bonds is 47. The van der Waals surface area contributed by atoms with Gasteiger partial charge in [0, 0.05) is 55.6 Å². The number of hydrogen-bond acceptors (Lipinski definition) is 18. The highest BCUT2D eigenvalue weighted by Gasteiger charge is 2.42. The Hall–Kier alpha value is -3.04. The second-order valence-corrected chi connectivity index (χ2v) is 16.1. The number of carbonyl (C=O) groups excluding carboxylic acids is 5. The number of amides is 6. The van der Waals surface area contributed by atoms with Crippen molar-refractivity contribution in [2.75, 3.05) is 184 Å². The van der Waals surface area contributed by atoms with Gasteiger partial charge in [0.25, 0.3) is 11.8 Å². The van der Waals surface area contributed by atoms with E-state index < -0.39 is 11.8 Å². The van der Waals surface area contributed by atoms with Gasteiger partial charge < -0.3 is 78.1 Å². The van der Waals surface area contributed by atoms with Crippen molar-refractivity contribution in [3.63, 3.8) is 0 Å². The maximum Gasteiger partial charge on any atom is 0.315 e. The third-order valence-electron chi connectivity index (χ3n) is 9.77. The molecule has 2 saturated heterocycles. The molecule has 0 bridgehead atoms. The number of imide groups is 1. The number of ether oxygens (including phenoxy) is 12. The van der Waals surface area contributed by atoms with Crippen LogP contribution >= 0.6 is 11.8 Å². The third-order valence-corrected chi connectivity index (χ3v) is 11.3. The van der Waals surface area contributed by atoms with E-state index in [1.54, 1.807) is 0 Å². The Balaban J connectivity index is 0.878. The van der Waals surface area contributed by atoms with Gasteiger partial charge in [-0.25, -0.2) is 4.79 Å². The highest BCUT2D eigenvalue weighted by atomic mass is 32.2. The van der Waals surface area contributed by atoms with Crippen molar-refractivity contribution in [3.05, 3.63) is 12.2 Å². The number of nitrogens with zero attached hydrogens (tertiary/aromatic N) is 1. The molecule has 0 spiro atoms. The van der Waals surface area contributed by atoms with Crippen molar-refractivity contribution < 1.29 is 80.8 Å². The number of hydrogen-bond donors (Lipinski definition) is 4. The fourth-order valence-corrected chi connectivity index (χ4v) is 7.91. The van der Waals surface area contributed by atoms with Gasteiger partial charge in [-0.2, -0.15) is 11.8 Å². The molecule has 23 heteroatoms. The van der Waals surface area contributed by atoms with Gasteiger partial charge >= 0.3 is 6.03 Å². The smallest absolute Gasteiger partial charge is 0.315 e. The molecule has 380 valence electrons. The van der Waals surface area contributed by atoms with Gasteiger partial charge in [-0.15, -0.1) is 0 Å². The van der Waals surface area contributed by atoms with Crippen LogP contribution in [0.15, 0.2) is 12.2 Å². The number of urea groups is 1. The predicted molar refractivity (Wildman–Crippen MR) is 240 cm³/mol. The molecule has 0 aromatic carbocycles. The Morgan fingerprint density at radius 1 is 0.500 bits per heavy atom. The second kappa shape index (κ2) is 39.9. The largest absolute Gasteiger partial charge is 0.377 e. The quantitative estimate of drug-likeness (QED) is 0.0340. The molecular weight excluding hydrogens is 891 g/mol. The summed E-state index contributed by atoms with van der Waals surface area (Å²) >= 11 is 1.90. The summed E-state index contributed by atoms with van der Waals surface area (Å²) < 4.78 is 65.8. The van der Waals surface area contributed by atoms with Crippen molar-refractivity contribution >= 4 is 41.4 Å². The lowest BCUT2D eigenvalue weighted by molar-refractivity contribution is -0.137. The number of carbonyl (C=O) groups is 5. The average Bonchev–Trinajstić information content (AvgIpc) is 3.98. The normalized spacial score (nSPS) is 17.7. The van der Waals surface area contributed by atoms with Crippen molar-refractivity contribution in [1.82, 2.24) is 26.2 Å². The second-order valence-electron chi connectivity index (χ2n) is 14.8. The lowest BCUT2D eigenvalue weighted by Crippen LogP contribution is -2.36. The minimum absolute atomic E-state index is 0.0353. The van der Waals surface area contributed by atoms with Crippen LogP contribution in [0, 0.1) is 0 Å². The van der Waals surface area contributed by atoms with Crippen molar-refractivity contribution in [3.8, 4) is 0 Å². The molecular formula is C43H75N5O17S. The van der Waals surface area contributed by atoms with Gasteiger partial charge in [-0.05, 0) is 12.8 Å². The van der Waals surface area contributed by atoms with Gasteiger partial charge in [0.05, 0.1) is 171 Å². The van der Waals surface area contributed by atoms with E-state index in [-0.39, 0.29) is 42.9 Å². The molecule has 4 N–H and O–H groups in total. The van der Waals surface area contributed by atoms with Crippen molar-refractivity contribution in [2.45, 2.75) is 49.4 Å². The zero-order valence-corrected chi connectivity index (χ0v) is 39.3. The van der Waals surface area contributed by atoms with Crippen LogP contribution in [0.1, 0.15) is 32.1 Å². The maximum atomic E-state index is 12.1. The molecule has 3 rings (SSSR count).